The van der Waals surface area contributed by atoms with Gasteiger partial charge in [-0.15, -0.1) is 11.8 Å². The highest BCUT2D eigenvalue weighted by atomic mass is 35.7. The minimum Gasteiger partial charge on any atom is -0.258 e. The largest absolute Gasteiger partial charge is 0.270 e. The second-order valence-corrected chi connectivity index (χ2v) is 7.17. The summed E-state index contributed by atoms with van der Waals surface area (Å²) in [5.41, 5.74) is -0.0398. The second kappa shape index (κ2) is 6.04. The van der Waals surface area contributed by atoms with Crippen LogP contribution in [0, 0.1) is 21.4 Å². The number of non-ortho nitro benzene ring substituents is 1. The van der Waals surface area contributed by atoms with Crippen LogP contribution in [0.3, 0.4) is 0 Å². The molecule has 0 bridgehead atoms. The number of hydrogen-bond donors (Lipinski definition) is 0. The molecule has 18 heavy (non-hydrogen) atoms. The van der Waals surface area contributed by atoms with Crippen LogP contribution in [0.1, 0.15) is 5.56 Å². The van der Waals surface area contributed by atoms with Crippen LogP contribution in [-0.4, -0.2) is 24.8 Å². The minimum atomic E-state index is -3.58. The van der Waals surface area contributed by atoms with Gasteiger partial charge in [0.05, 0.1) is 16.2 Å². The van der Waals surface area contributed by atoms with Crippen LogP contribution < -0.4 is 0 Å². The SMILES string of the molecule is N#Cc1cc([N+](=O)[O-])ccc1SCCS(=O)(=O)Cl. The molecule has 0 heterocycles. The molecular formula is C9H7ClN2O4S2. The van der Waals surface area contributed by atoms with Crippen LogP contribution in [0.25, 0.3) is 0 Å². The zero-order valence-electron chi connectivity index (χ0n) is 8.87. The number of nitro groups is 1. The Balaban J connectivity index is 2.84. The summed E-state index contributed by atoms with van der Waals surface area (Å²) in [6.45, 7) is 0. The molecule has 0 atom stereocenters. The first-order valence-corrected chi connectivity index (χ1v) is 8.03. The first-order chi connectivity index (χ1) is 8.33. The molecule has 1 rings (SSSR count). The monoisotopic (exact) mass is 306 g/mol. The lowest BCUT2D eigenvalue weighted by molar-refractivity contribution is -0.384. The zero-order chi connectivity index (χ0) is 13.8. The Hall–Kier alpha value is -1.30. The van der Waals surface area contributed by atoms with E-state index in [2.05, 4.69) is 0 Å². The van der Waals surface area contributed by atoms with Gasteiger partial charge in [-0.3, -0.25) is 10.1 Å². The summed E-state index contributed by atoms with van der Waals surface area (Å²) >= 11 is 1.11. The Bertz CT molecular complexity index is 609. The topological polar surface area (TPSA) is 101 Å². The number of hydrogen-bond acceptors (Lipinski definition) is 6. The fourth-order valence-electron chi connectivity index (χ4n) is 1.10. The predicted octanol–water partition coefficient (Wildman–Crippen LogP) is 2.13. The van der Waals surface area contributed by atoms with Crippen molar-refractivity contribution in [1.82, 2.24) is 0 Å². The minimum absolute atomic E-state index is 0.140. The second-order valence-electron chi connectivity index (χ2n) is 3.14. The molecule has 9 heteroatoms. The third-order valence-corrected chi connectivity index (χ3v) is 4.37. The third-order valence-electron chi connectivity index (χ3n) is 1.88. The van der Waals surface area contributed by atoms with E-state index in [0.29, 0.717) is 4.90 Å². The molecule has 0 amide bonds. The van der Waals surface area contributed by atoms with Gasteiger partial charge in [-0.1, -0.05) is 0 Å². The summed E-state index contributed by atoms with van der Waals surface area (Å²) in [7, 11) is 1.47. The Morgan fingerprint density at radius 3 is 2.67 bits per heavy atom. The van der Waals surface area contributed by atoms with Gasteiger partial charge in [0.1, 0.15) is 6.07 Å². The molecule has 0 unspecified atom stereocenters. The molecule has 0 fully saturated rings. The number of nitrogens with zero attached hydrogens (tertiary/aromatic N) is 2. The van der Waals surface area contributed by atoms with Crippen molar-refractivity contribution in [3.05, 3.63) is 33.9 Å². The molecule has 0 saturated heterocycles. The Morgan fingerprint density at radius 1 is 1.50 bits per heavy atom. The van der Waals surface area contributed by atoms with Crippen molar-refractivity contribution in [2.45, 2.75) is 4.90 Å². The number of benzene rings is 1. The van der Waals surface area contributed by atoms with E-state index in [1.165, 1.54) is 12.1 Å². The summed E-state index contributed by atoms with van der Waals surface area (Å²) in [5.74, 6) is -0.0561. The fraction of sp³-hybridized carbons (Fsp3) is 0.222. The molecule has 1 aromatic carbocycles. The van der Waals surface area contributed by atoms with E-state index in [4.69, 9.17) is 15.9 Å². The normalized spacial score (nSPS) is 10.9. The van der Waals surface area contributed by atoms with Crippen LogP contribution in [0.15, 0.2) is 23.1 Å². The van der Waals surface area contributed by atoms with Gasteiger partial charge in [-0.2, -0.15) is 5.26 Å². The first kappa shape index (κ1) is 14.8. The maximum absolute atomic E-state index is 10.7. The summed E-state index contributed by atoms with van der Waals surface area (Å²) in [6, 6.07) is 5.66. The average molecular weight is 307 g/mol. The van der Waals surface area contributed by atoms with Gasteiger partial charge in [-0.05, 0) is 6.07 Å². The van der Waals surface area contributed by atoms with Gasteiger partial charge in [-0.25, -0.2) is 8.42 Å². The molecule has 0 spiro atoms. The molecule has 0 radical (unpaired) electrons. The van der Waals surface area contributed by atoms with Crippen LogP contribution in [0.5, 0.6) is 0 Å². The average Bonchev–Trinajstić information content (AvgIpc) is 2.27. The highest BCUT2D eigenvalue weighted by molar-refractivity contribution is 8.14. The van der Waals surface area contributed by atoms with Crippen molar-refractivity contribution >= 4 is 37.2 Å². The third kappa shape index (κ3) is 4.52. The number of thioether (sulfide) groups is 1. The van der Waals surface area contributed by atoms with Crippen molar-refractivity contribution in [1.29, 1.82) is 5.26 Å². The molecule has 0 aromatic heterocycles. The quantitative estimate of drug-likeness (QED) is 0.357. The summed E-state index contributed by atoms with van der Waals surface area (Å²) in [5, 5.41) is 19.4. The fourth-order valence-corrected chi connectivity index (χ4v) is 3.44. The van der Waals surface area contributed by atoms with Crippen molar-refractivity contribution in [3.8, 4) is 6.07 Å². The number of nitro benzene ring substituents is 1. The molecule has 0 N–H and O–H groups in total. The molecule has 96 valence electrons. The smallest absolute Gasteiger partial charge is 0.258 e. The lowest BCUT2D eigenvalue weighted by Crippen LogP contribution is -2.00. The molecule has 6 nitrogen and oxygen atoms in total. The van der Waals surface area contributed by atoms with Gasteiger partial charge in [0.25, 0.3) is 5.69 Å². The van der Waals surface area contributed by atoms with Gasteiger partial charge in [0.15, 0.2) is 0 Å². The van der Waals surface area contributed by atoms with Crippen molar-refractivity contribution < 1.29 is 13.3 Å². The maximum atomic E-state index is 10.7. The number of halogens is 1. The van der Waals surface area contributed by atoms with Crippen molar-refractivity contribution in [3.63, 3.8) is 0 Å². The van der Waals surface area contributed by atoms with Crippen molar-refractivity contribution in [2.24, 2.45) is 0 Å². The van der Waals surface area contributed by atoms with E-state index in [9.17, 15) is 18.5 Å². The Morgan fingerprint density at radius 2 is 2.17 bits per heavy atom. The van der Waals surface area contributed by atoms with Crippen LogP contribution in [-0.2, 0) is 9.05 Å². The van der Waals surface area contributed by atoms with Gasteiger partial charge >= 0.3 is 0 Å². The molecule has 1 aromatic rings. The number of rotatable bonds is 5. The van der Waals surface area contributed by atoms with E-state index in [-0.39, 0.29) is 22.8 Å². The predicted molar refractivity (Wildman–Crippen MR) is 68.2 cm³/mol. The summed E-state index contributed by atoms with van der Waals surface area (Å²) in [4.78, 5) is 10.4. The van der Waals surface area contributed by atoms with Gasteiger partial charge in [0.2, 0.25) is 9.05 Å². The van der Waals surface area contributed by atoms with E-state index in [0.717, 1.165) is 17.8 Å². The summed E-state index contributed by atoms with van der Waals surface area (Å²) in [6.07, 6.45) is 0. The summed E-state index contributed by atoms with van der Waals surface area (Å²) < 4.78 is 21.4. The van der Waals surface area contributed by atoms with Crippen LogP contribution in [0.4, 0.5) is 5.69 Å². The van der Waals surface area contributed by atoms with E-state index < -0.39 is 14.0 Å². The molecule has 0 aliphatic carbocycles. The lowest BCUT2D eigenvalue weighted by atomic mass is 10.2. The van der Waals surface area contributed by atoms with Gasteiger partial charge < -0.3 is 0 Å². The first-order valence-electron chi connectivity index (χ1n) is 4.57. The Labute approximate surface area is 112 Å². The molecular weight excluding hydrogens is 300 g/mol. The molecule has 0 aliphatic rings. The van der Waals surface area contributed by atoms with E-state index >= 15 is 0 Å². The zero-order valence-corrected chi connectivity index (χ0v) is 11.3. The number of nitriles is 1. The van der Waals surface area contributed by atoms with Crippen molar-refractivity contribution in [2.75, 3.05) is 11.5 Å². The standard InChI is InChI=1S/C9H7ClN2O4S2/c10-18(15,16)4-3-17-9-2-1-8(12(13)14)5-7(9)6-11/h1-2,5H,3-4H2. The Kier molecular flexibility index (Phi) is 4.95. The highest BCUT2D eigenvalue weighted by Gasteiger charge is 2.12. The van der Waals surface area contributed by atoms with Crippen LogP contribution >= 0.6 is 22.4 Å². The van der Waals surface area contributed by atoms with E-state index in [1.54, 1.807) is 0 Å². The molecule has 0 aliphatic heterocycles. The van der Waals surface area contributed by atoms with Gasteiger partial charge in [0, 0.05) is 33.5 Å². The van der Waals surface area contributed by atoms with Crippen LogP contribution in [0.2, 0.25) is 0 Å². The highest BCUT2D eigenvalue weighted by Crippen LogP contribution is 2.26. The molecule has 0 saturated carbocycles. The lowest BCUT2D eigenvalue weighted by Gasteiger charge is -2.02. The van der Waals surface area contributed by atoms with E-state index in [1.807, 2.05) is 6.07 Å². The maximum Gasteiger partial charge on any atom is 0.270 e.